The predicted octanol–water partition coefficient (Wildman–Crippen LogP) is 2.93. The average Bonchev–Trinajstić information content (AvgIpc) is 2.53. The molecule has 6 nitrogen and oxygen atoms in total. The minimum Gasteiger partial charge on any atom is -0.507 e. The Kier molecular flexibility index (Phi) is 4.98. The first kappa shape index (κ1) is 15.4. The monoisotopic (exact) mass is 301 g/mol. The van der Waals surface area contributed by atoms with Gasteiger partial charge in [0.05, 0.1) is 7.11 Å². The lowest BCUT2D eigenvalue weighted by atomic mass is 10.2. The molecule has 0 fully saturated rings. The molecular formula is C16H15NO5. The molecule has 0 aliphatic rings. The Labute approximate surface area is 127 Å². The van der Waals surface area contributed by atoms with Gasteiger partial charge in [0.1, 0.15) is 17.9 Å². The fourth-order valence-electron chi connectivity index (χ4n) is 1.77. The van der Waals surface area contributed by atoms with Gasteiger partial charge in [-0.1, -0.05) is 30.3 Å². The number of anilines is 1. The number of benzene rings is 2. The molecule has 2 aromatic rings. The van der Waals surface area contributed by atoms with Crippen molar-refractivity contribution in [3.8, 4) is 5.75 Å². The van der Waals surface area contributed by atoms with E-state index in [9.17, 15) is 14.7 Å². The first-order chi connectivity index (χ1) is 10.6. The Morgan fingerprint density at radius 1 is 1.14 bits per heavy atom. The maximum Gasteiger partial charge on any atom is 0.411 e. The summed E-state index contributed by atoms with van der Waals surface area (Å²) in [4.78, 5) is 23.0. The Balaban J connectivity index is 1.94. The Morgan fingerprint density at radius 3 is 2.50 bits per heavy atom. The first-order valence-corrected chi connectivity index (χ1v) is 6.49. The third kappa shape index (κ3) is 3.99. The van der Waals surface area contributed by atoms with Crippen molar-refractivity contribution in [3.05, 3.63) is 59.7 Å². The lowest BCUT2D eigenvalue weighted by Gasteiger charge is -2.09. The minimum atomic E-state index is -0.658. The van der Waals surface area contributed by atoms with Crippen LogP contribution in [0.25, 0.3) is 0 Å². The van der Waals surface area contributed by atoms with Crippen molar-refractivity contribution in [3.63, 3.8) is 0 Å². The predicted molar refractivity (Wildman–Crippen MR) is 79.7 cm³/mol. The Morgan fingerprint density at radius 2 is 1.86 bits per heavy atom. The molecule has 2 N–H and O–H groups in total. The summed E-state index contributed by atoms with van der Waals surface area (Å²) in [5.74, 6) is -0.941. The van der Waals surface area contributed by atoms with Crippen LogP contribution in [-0.2, 0) is 16.1 Å². The molecule has 0 aliphatic heterocycles. The molecule has 1 amide bonds. The van der Waals surface area contributed by atoms with Crippen LogP contribution in [0.4, 0.5) is 10.5 Å². The van der Waals surface area contributed by atoms with Crippen LogP contribution in [0.2, 0.25) is 0 Å². The second kappa shape index (κ2) is 7.12. The largest absolute Gasteiger partial charge is 0.507 e. The molecule has 6 heteroatoms. The summed E-state index contributed by atoms with van der Waals surface area (Å²) in [6.07, 6.45) is -0.658. The molecule has 0 saturated carbocycles. The van der Waals surface area contributed by atoms with Crippen molar-refractivity contribution in [2.24, 2.45) is 0 Å². The molecule has 114 valence electrons. The molecule has 0 saturated heterocycles. The fraction of sp³-hybridized carbons (Fsp3) is 0.125. The number of esters is 1. The second-order valence-electron chi connectivity index (χ2n) is 4.41. The zero-order valence-electron chi connectivity index (χ0n) is 11.9. The number of nitrogens with one attached hydrogen (secondary N) is 1. The van der Waals surface area contributed by atoms with Gasteiger partial charge in [0.25, 0.3) is 0 Å². The quantitative estimate of drug-likeness (QED) is 0.848. The third-order valence-electron chi connectivity index (χ3n) is 2.86. The highest BCUT2D eigenvalue weighted by atomic mass is 16.5. The van der Waals surface area contributed by atoms with Crippen molar-refractivity contribution in [1.29, 1.82) is 0 Å². The van der Waals surface area contributed by atoms with E-state index in [2.05, 4.69) is 10.1 Å². The zero-order valence-corrected chi connectivity index (χ0v) is 11.9. The summed E-state index contributed by atoms with van der Waals surface area (Å²) < 4.78 is 9.56. The van der Waals surface area contributed by atoms with E-state index in [0.717, 1.165) is 5.56 Å². The van der Waals surface area contributed by atoms with E-state index in [-0.39, 0.29) is 17.9 Å². The van der Waals surface area contributed by atoms with Crippen LogP contribution in [0.15, 0.2) is 48.5 Å². The minimum absolute atomic E-state index is 0.0192. The van der Waals surface area contributed by atoms with Gasteiger partial charge in [-0.15, -0.1) is 0 Å². The van der Waals surface area contributed by atoms with E-state index in [0.29, 0.717) is 5.69 Å². The van der Waals surface area contributed by atoms with Gasteiger partial charge in [0, 0.05) is 11.8 Å². The molecule has 0 aromatic heterocycles. The summed E-state index contributed by atoms with van der Waals surface area (Å²) in [5.41, 5.74) is 1.19. The molecule has 0 radical (unpaired) electrons. The maximum absolute atomic E-state index is 11.7. The lowest BCUT2D eigenvalue weighted by molar-refractivity contribution is 0.0597. The van der Waals surface area contributed by atoms with Crippen molar-refractivity contribution in [2.45, 2.75) is 6.61 Å². The van der Waals surface area contributed by atoms with E-state index < -0.39 is 12.1 Å². The standard InChI is InChI=1S/C16H15NO5/c1-21-15(19)13-8-7-12(9-14(13)18)17-16(20)22-10-11-5-3-2-4-6-11/h2-9,18H,10H2,1H3,(H,17,20). The number of rotatable bonds is 4. The van der Waals surface area contributed by atoms with Crippen molar-refractivity contribution < 1.29 is 24.2 Å². The number of phenols is 1. The molecule has 0 heterocycles. The number of aromatic hydroxyl groups is 1. The number of methoxy groups -OCH3 is 1. The smallest absolute Gasteiger partial charge is 0.411 e. The number of hydrogen-bond acceptors (Lipinski definition) is 5. The van der Waals surface area contributed by atoms with E-state index in [4.69, 9.17) is 4.74 Å². The van der Waals surface area contributed by atoms with Gasteiger partial charge in [-0.05, 0) is 17.7 Å². The fourth-order valence-corrected chi connectivity index (χ4v) is 1.77. The first-order valence-electron chi connectivity index (χ1n) is 6.49. The molecule has 2 aromatic carbocycles. The van der Waals surface area contributed by atoms with Gasteiger partial charge in [0.2, 0.25) is 0 Å². The summed E-state index contributed by atoms with van der Waals surface area (Å²) in [6.45, 7) is 0.138. The number of carbonyl (C=O) groups excluding carboxylic acids is 2. The average molecular weight is 301 g/mol. The van der Waals surface area contributed by atoms with Crippen molar-refractivity contribution >= 4 is 17.7 Å². The van der Waals surface area contributed by atoms with E-state index in [1.54, 1.807) is 0 Å². The van der Waals surface area contributed by atoms with Gasteiger partial charge >= 0.3 is 12.1 Å². The number of hydrogen-bond donors (Lipinski definition) is 2. The number of amides is 1. The number of phenolic OH excluding ortho intramolecular Hbond substituents is 1. The SMILES string of the molecule is COC(=O)c1ccc(NC(=O)OCc2ccccc2)cc1O. The molecule has 0 aliphatic carbocycles. The summed E-state index contributed by atoms with van der Waals surface area (Å²) in [6, 6.07) is 13.3. The third-order valence-corrected chi connectivity index (χ3v) is 2.86. The molecule has 0 spiro atoms. The highest BCUT2D eigenvalue weighted by Crippen LogP contribution is 2.22. The molecule has 2 rings (SSSR count). The van der Waals surface area contributed by atoms with Gasteiger partial charge in [-0.25, -0.2) is 9.59 Å². The van der Waals surface area contributed by atoms with Crippen LogP contribution in [0.5, 0.6) is 5.75 Å². The van der Waals surface area contributed by atoms with Crippen LogP contribution in [0, 0.1) is 0 Å². The molecular weight excluding hydrogens is 286 g/mol. The Hall–Kier alpha value is -3.02. The lowest BCUT2D eigenvalue weighted by Crippen LogP contribution is -2.13. The van der Waals surface area contributed by atoms with Gasteiger partial charge in [-0.2, -0.15) is 0 Å². The molecule has 0 bridgehead atoms. The Bertz CT molecular complexity index is 669. The van der Waals surface area contributed by atoms with E-state index in [1.807, 2.05) is 30.3 Å². The van der Waals surface area contributed by atoms with Crippen LogP contribution < -0.4 is 5.32 Å². The topological polar surface area (TPSA) is 84.9 Å². The number of ether oxygens (including phenoxy) is 2. The summed E-state index contributed by atoms with van der Waals surface area (Å²) in [5, 5.41) is 12.2. The van der Waals surface area contributed by atoms with Gasteiger partial charge < -0.3 is 14.6 Å². The van der Waals surface area contributed by atoms with E-state index in [1.165, 1.54) is 25.3 Å². The normalized spacial score (nSPS) is 9.86. The van der Waals surface area contributed by atoms with Crippen molar-refractivity contribution in [2.75, 3.05) is 12.4 Å². The zero-order chi connectivity index (χ0) is 15.9. The number of carbonyl (C=O) groups is 2. The van der Waals surface area contributed by atoms with Crippen LogP contribution in [-0.4, -0.2) is 24.3 Å². The van der Waals surface area contributed by atoms with Crippen LogP contribution in [0.1, 0.15) is 15.9 Å². The molecule has 0 atom stereocenters. The van der Waals surface area contributed by atoms with Crippen LogP contribution >= 0.6 is 0 Å². The molecule has 0 unspecified atom stereocenters. The summed E-state index contributed by atoms with van der Waals surface area (Å²) >= 11 is 0. The maximum atomic E-state index is 11.7. The van der Waals surface area contributed by atoms with E-state index >= 15 is 0 Å². The summed E-state index contributed by atoms with van der Waals surface area (Å²) in [7, 11) is 1.22. The van der Waals surface area contributed by atoms with Gasteiger partial charge in [-0.3, -0.25) is 5.32 Å². The second-order valence-corrected chi connectivity index (χ2v) is 4.41. The highest BCUT2D eigenvalue weighted by Gasteiger charge is 2.12. The van der Waals surface area contributed by atoms with Gasteiger partial charge in [0.15, 0.2) is 0 Å². The van der Waals surface area contributed by atoms with Crippen molar-refractivity contribution in [1.82, 2.24) is 0 Å². The molecule has 22 heavy (non-hydrogen) atoms. The highest BCUT2D eigenvalue weighted by molar-refractivity contribution is 5.94. The van der Waals surface area contributed by atoms with Crippen LogP contribution in [0.3, 0.4) is 0 Å².